The van der Waals surface area contributed by atoms with Crippen LogP contribution in [0.2, 0.25) is 0 Å². The van der Waals surface area contributed by atoms with E-state index in [1.165, 1.54) is 4.68 Å². The molecule has 2 aliphatic rings. The van der Waals surface area contributed by atoms with Crippen LogP contribution in [0.5, 0.6) is 0 Å². The number of fused-ring (bicyclic) bond motifs is 1. The molecule has 1 aromatic heterocycles. The van der Waals surface area contributed by atoms with Crippen LogP contribution in [0.3, 0.4) is 0 Å². The highest BCUT2D eigenvalue weighted by molar-refractivity contribution is 6.01. The lowest BCUT2D eigenvalue weighted by Crippen LogP contribution is -2.62. The fourth-order valence-electron chi connectivity index (χ4n) is 6.75. The molecular formula is C34H51N7O4. The molecule has 1 saturated carbocycles. The van der Waals surface area contributed by atoms with Gasteiger partial charge in [0.25, 0.3) is 5.91 Å². The van der Waals surface area contributed by atoms with Gasteiger partial charge in [-0.3, -0.25) is 23.9 Å². The van der Waals surface area contributed by atoms with Gasteiger partial charge in [-0.1, -0.05) is 53.0 Å². The molecule has 0 aliphatic heterocycles. The molecule has 0 bridgehead atoms. The van der Waals surface area contributed by atoms with Crippen LogP contribution in [0, 0.1) is 17.8 Å². The third-order valence-corrected chi connectivity index (χ3v) is 9.52. The summed E-state index contributed by atoms with van der Waals surface area (Å²) in [5, 5.41) is 16.5. The number of nitrogens with one attached hydrogen (secondary N) is 4. The highest BCUT2D eigenvalue weighted by Gasteiger charge is 2.49. The monoisotopic (exact) mass is 621 g/mol. The summed E-state index contributed by atoms with van der Waals surface area (Å²) in [6, 6.07) is 6.65. The summed E-state index contributed by atoms with van der Waals surface area (Å²) in [6.45, 7) is 9.17. The first-order valence-electron chi connectivity index (χ1n) is 16.4. The summed E-state index contributed by atoms with van der Waals surface area (Å²) < 4.78 is 1.50. The lowest BCUT2D eigenvalue weighted by molar-refractivity contribution is -0.141. The molecule has 0 spiro atoms. The second-order valence-corrected chi connectivity index (χ2v) is 13.5. The molecule has 11 nitrogen and oxygen atoms in total. The molecule has 2 aliphatic carbocycles. The Bertz CT molecular complexity index is 1350. The van der Waals surface area contributed by atoms with Gasteiger partial charge in [0.05, 0.1) is 0 Å². The SMILES string of the molecule is CNC(CN(C=O)C1(C(=O)NCC(C)C)Cc2ccc(NC(=O)C(NC(=O)c3ccnn3C)C3CCCCC3)cc2C1)C(C)C. The maximum Gasteiger partial charge on any atom is 0.270 e. The van der Waals surface area contributed by atoms with E-state index < -0.39 is 11.6 Å². The lowest BCUT2D eigenvalue weighted by Gasteiger charge is -2.40. The zero-order valence-electron chi connectivity index (χ0n) is 27.7. The number of carbonyl (C=O) groups is 4. The predicted octanol–water partition coefficient (Wildman–Crippen LogP) is 3.05. The number of carbonyl (C=O) groups excluding carboxylic acids is 4. The van der Waals surface area contributed by atoms with E-state index >= 15 is 0 Å². The van der Waals surface area contributed by atoms with Crippen molar-refractivity contribution in [1.82, 2.24) is 30.6 Å². The van der Waals surface area contributed by atoms with E-state index in [0.29, 0.717) is 37.3 Å². The van der Waals surface area contributed by atoms with E-state index in [9.17, 15) is 19.2 Å². The van der Waals surface area contributed by atoms with E-state index in [-0.39, 0.29) is 41.5 Å². The van der Waals surface area contributed by atoms with Crippen molar-refractivity contribution in [2.45, 2.75) is 90.3 Å². The van der Waals surface area contributed by atoms with Crippen molar-refractivity contribution >= 4 is 29.8 Å². The third-order valence-electron chi connectivity index (χ3n) is 9.52. The Labute approximate surface area is 267 Å². The van der Waals surface area contributed by atoms with Gasteiger partial charge < -0.3 is 26.2 Å². The topological polar surface area (TPSA) is 137 Å². The van der Waals surface area contributed by atoms with Gasteiger partial charge in [-0.2, -0.15) is 5.10 Å². The predicted molar refractivity (Wildman–Crippen MR) is 175 cm³/mol. The molecular weight excluding hydrogens is 570 g/mol. The van der Waals surface area contributed by atoms with E-state index in [2.05, 4.69) is 40.2 Å². The summed E-state index contributed by atoms with van der Waals surface area (Å²) >= 11 is 0. The van der Waals surface area contributed by atoms with E-state index in [0.717, 1.165) is 49.6 Å². The zero-order valence-corrected chi connectivity index (χ0v) is 27.7. The summed E-state index contributed by atoms with van der Waals surface area (Å²) in [7, 11) is 3.57. The second-order valence-electron chi connectivity index (χ2n) is 13.5. The first-order valence-corrected chi connectivity index (χ1v) is 16.4. The minimum atomic E-state index is -1.08. The number of anilines is 1. The number of nitrogens with zero attached hydrogens (tertiary/aromatic N) is 3. The number of likely N-dealkylation sites (N-methyl/N-ethyl adjacent to an activating group) is 1. The van der Waals surface area contributed by atoms with Crippen molar-refractivity contribution in [3.8, 4) is 0 Å². The van der Waals surface area contributed by atoms with Crippen LogP contribution in [-0.2, 0) is 34.3 Å². The van der Waals surface area contributed by atoms with Crippen molar-refractivity contribution in [1.29, 1.82) is 0 Å². The van der Waals surface area contributed by atoms with Crippen LogP contribution in [0.1, 0.15) is 81.4 Å². The van der Waals surface area contributed by atoms with Crippen LogP contribution < -0.4 is 21.3 Å². The number of benzene rings is 1. The largest absolute Gasteiger partial charge is 0.354 e. The number of hydrogen-bond acceptors (Lipinski definition) is 6. The highest BCUT2D eigenvalue weighted by Crippen LogP contribution is 2.37. The zero-order chi connectivity index (χ0) is 32.7. The maximum atomic E-state index is 13.9. The standard InChI is InChI=1S/C34H51N7O4/c1-22(2)19-36-33(45)34(41(21-42)20-28(35-5)23(3)4)17-25-12-13-27(16-26(25)18-34)38-32(44)30(24-10-8-7-9-11-24)39-31(43)29-14-15-37-40(29)6/h12-16,21-24,28,30,35H,7-11,17-20H2,1-6H3,(H,36,45)(H,38,44)(H,39,43). The molecule has 3 atom stereocenters. The fraction of sp³-hybridized carbons (Fsp3) is 0.618. The van der Waals surface area contributed by atoms with Gasteiger partial charge in [0.2, 0.25) is 18.2 Å². The number of hydrogen-bond donors (Lipinski definition) is 4. The van der Waals surface area contributed by atoms with Crippen LogP contribution in [0.4, 0.5) is 5.69 Å². The van der Waals surface area contributed by atoms with Crippen molar-refractivity contribution in [2.24, 2.45) is 24.8 Å². The smallest absolute Gasteiger partial charge is 0.270 e. The summed E-state index contributed by atoms with van der Waals surface area (Å²) in [5.41, 5.74) is 1.80. The molecule has 1 aromatic carbocycles. The quantitative estimate of drug-likeness (QED) is 0.240. The Balaban J connectivity index is 1.58. The average molecular weight is 622 g/mol. The summed E-state index contributed by atoms with van der Waals surface area (Å²) in [6.07, 6.45) is 8.00. The summed E-state index contributed by atoms with van der Waals surface area (Å²) in [4.78, 5) is 55.1. The van der Waals surface area contributed by atoms with Gasteiger partial charge in [-0.05, 0) is 67.0 Å². The molecule has 246 valence electrons. The lowest BCUT2D eigenvalue weighted by atomic mass is 9.83. The molecule has 1 fully saturated rings. The first-order chi connectivity index (χ1) is 21.5. The number of amides is 4. The molecule has 0 radical (unpaired) electrons. The molecule has 4 amide bonds. The van der Waals surface area contributed by atoms with Crippen LogP contribution >= 0.6 is 0 Å². The highest BCUT2D eigenvalue weighted by atomic mass is 16.2. The maximum absolute atomic E-state index is 13.9. The molecule has 11 heteroatoms. The van der Waals surface area contributed by atoms with Gasteiger partial charge in [-0.15, -0.1) is 0 Å². The van der Waals surface area contributed by atoms with Crippen molar-refractivity contribution in [3.63, 3.8) is 0 Å². The summed E-state index contributed by atoms with van der Waals surface area (Å²) in [5.74, 6) is -0.211. The van der Waals surface area contributed by atoms with E-state index in [1.807, 2.05) is 39.1 Å². The Morgan fingerprint density at radius 3 is 2.38 bits per heavy atom. The molecule has 4 N–H and O–H groups in total. The van der Waals surface area contributed by atoms with Crippen molar-refractivity contribution < 1.29 is 19.2 Å². The molecule has 4 rings (SSSR count). The van der Waals surface area contributed by atoms with Crippen molar-refractivity contribution in [3.05, 3.63) is 47.3 Å². The fourth-order valence-corrected chi connectivity index (χ4v) is 6.75. The van der Waals surface area contributed by atoms with E-state index in [1.54, 1.807) is 24.2 Å². The second kappa shape index (κ2) is 15.0. The number of rotatable bonds is 14. The number of aromatic nitrogens is 2. The van der Waals surface area contributed by atoms with Crippen LogP contribution in [-0.4, -0.2) is 76.6 Å². The van der Waals surface area contributed by atoms with Crippen molar-refractivity contribution in [2.75, 3.05) is 25.5 Å². The Hall–Kier alpha value is -3.73. The Morgan fingerprint density at radius 1 is 1.07 bits per heavy atom. The van der Waals surface area contributed by atoms with Gasteiger partial charge in [0.15, 0.2) is 0 Å². The minimum absolute atomic E-state index is 0.0156. The molecule has 0 saturated heterocycles. The Kier molecular flexibility index (Phi) is 11.4. The van der Waals surface area contributed by atoms with E-state index in [4.69, 9.17) is 0 Å². The Morgan fingerprint density at radius 2 is 1.78 bits per heavy atom. The normalized spacial score (nSPS) is 19.6. The number of aryl methyl sites for hydroxylation is 1. The van der Waals surface area contributed by atoms with Gasteiger partial charge in [0, 0.05) is 50.9 Å². The van der Waals surface area contributed by atoms with Gasteiger partial charge in [-0.25, -0.2) is 0 Å². The molecule has 1 heterocycles. The van der Waals surface area contributed by atoms with Gasteiger partial charge >= 0.3 is 0 Å². The van der Waals surface area contributed by atoms with Crippen LogP contribution in [0.15, 0.2) is 30.5 Å². The minimum Gasteiger partial charge on any atom is -0.354 e. The van der Waals surface area contributed by atoms with Gasteiger partial charge in [0.1, 0.15) is 17.3 Å². The molecule has 2 aromatic rings. The first kappa shape index (κ1) is 34.1. The van der Waals surface area contributed by atoms with Crippen LogP contribution in [0.25, 0.3) is 0 Å². The average Bonchev–Trinajstić information content (AvgIpc) is 3.63. The third kappa shape index (κ3) is 7.92. The molecule has 45 heavy (non-hydrogen) atoms. The molecule has 3 unspecified atom stereocenters.